The van der Waals surface area contributed by atoms with Crippen LogP contribution in [0.4, 0.5) is 10.1 Å². The van der Waals surface area contributed by atoms with Gasteiger partial charge in [-0.2, -0.15) is 5.26 Å². The summed E-state index contributed by atoms with van der Waals surface area (Å²) in [5.41, 5.74) is 1.32. The second-order valence-corrected chi connectivity index (χ2v) is 4.39. The Morgan fingerprint density at radius 2 is 2.14 bits per heavy atom. The maximum absolute atomic E-state index is 13.2. The van der Waals surface area contributed by atoms with E-state index in [0.29, 0.717) is 22.6 Å². The smallest absolute Gasteiger partial charge is 0.255 e. The number of carbonyl (C=O) groups excluding carboxylic acids is 1. The number of nitrogens with one attached hydrogen (secondary N) is 1. The fraction of sp³-hybridized carbons (Fsp3) is 0.125. The van der Waals surface area contributed by atoms with Crippen LogP contribution in [0.25, 0.3) is 0 Å². The number of nitriles is 1. The van der Waals surface area contributed by atoms with Gasteiger partial charge in [-0.25, -0.2) is 4.39 Å². The van der Waals surface area contributed by atoms with Crippen LogP contribution in [0, 0.1) is 24.1 Å². The second-order valence-electron chi connectivity index (χ2n) is 4.39. The van der Waals surface area contributed by atoms with E-state index in [-0.39, 0.29) is 18.3 Å². The van der Waals surface area contributed by atoms with Crippen molar-refractivity contribution in [3.05, 3.63) is 59.4 Å². The van der Waals surface area contributed by atoms with E-state index in [1.807, 2.05) is 6.07 Å². The number of anilines is 1. The summed E-state index contributed by atoms with van der Waals surface area (Å²) in [7, 11) is 0. The molecule has 2 rings (SSSR count). The summed E-state index contributed by atoms with van der Waals surface area (Å²) in [6.45, 7) is 1.54. The van der Waals surface area contributed by atoms with Crippen LogP contribution in [0.1, 0.15) is 15.9 Å². The highest BCUT2D eigenvalue weighted by molar-refractivity contribution is 6.04. The Morgan fingerprint density at radius 1 is 1.33 bits per heavy atom. The summed E-state index contributed by atoms with van der Waals surface area (Å²) in [6.07, 6.45) is 0. The highest BCUT2D eigenvalue weighted by Gasteiger charge is 2.08. The molecule has 0 saturated heterocycles. The zero-order chi connectivity index (χ0) is 15.2. The number of hydrogen-bond donors (Lipinski definition) is 1. The molecule has 106 valence electrons. The van der Waals surface area contributed by atoms with Crippen molar-refractivity contribution >= 4 is 11.6 Å². The quantitative estimate of drug-likeness (QED) is 0.937. The van der Waals surface area contributed by atoms with Crippen molar-refractivity contribution in [2.75, 3.05) is 11.9 Å². The van der Waals surface area contributed by atoms with Crippen LogP contribution in [0.15, 0.2) is 42.5 Å². The van der Waals surface area contributed by atoms with Crippen molar-refractivity contribution in [3.63, 3.8) is 0 Å². The predicted octanol–water partition coefficient (Wildman–Crippen LogP) is 3.29. The number of halogens is 1. The molecule has 0 unspecified atom stereocenters. The van der Waals surface area contributed by atoms with Gasteiger partial charge in [0, 0.05) is 17.3 Å². The van der Waals surface area contributed by atoms with Gasteiger partial charge in [-0.1, -0.05) is 6.07 Å². The molecule has 0 aliphatic heterocycles. The van der Waals surface area contributed by atoms with Crippen LogP contribution < -0.4 is 10.1 Å². The van der Waals surface area contributed by atoms with Crippen LogP contribution in [0.2, 0.25) is 0 Å². The van der Waals surface area contributed by atoms with E-state index < -0.39 is 0 Å². The first-order valence-electron chi connectivity index (χ1n) is 6.27. The summed E-state index contributed by atoms with van der Waals surface area (Å²) < 4.78 is 18.3. The zero-order valence-electron chi connectivity index (χ0n) is 11.4. The first-order chi connectivity index (χ1) is 10.1. The SMILES string of the molecule is Cc1cc(C(=O)Nc2cccc(OCC#N)c2)ccc1F. The van der Waals surface area contributed by atoms with Crippen LogP contribution in [-0.2, 0) is 0 Å². The Labute approximate surface area is 121 Å². The Kier molecular flexibility index (Phi) is 4.52. The minimum absolute atomic E-state index is 0.0610. The van der Waals surface area contributed by atoms with E-state index in [2.05, 4.69) is 5.32 Å². The number of ether oxygens (including phenoxy) is 1. The first kappa shape index (κ1) is 14.5. The molecule has 0 saturated carbocycles. The Morgan fingerprint density at radius 3 is 2.86 bits per heavy atom. The van der Waals surface area contributed by atoms with Gasteiger partial charge in [0.2, 0.25) is 0 Å². The molecule has 5 heteroatoms. The Balaban J connectivity index is 2.12. The van der Waals surface area contributed by atoms with Crippen molar-refractivity contribution in [2.45, 2.75) is 6.92 Å². The summed E-state index contributed by atoms with van der Waals surface area (Å²) in [6, 6.07) is 12.8. The molecule has 0 aliphatic carbocycles. The fourth-order valence-electron chi connectivity index (χ4n) is 1.77. The molecule has 0 atom stereocenters. The predicted molar refractivity (Wildman–Crippen MR) is 76.6 cm³/mol. The lowest BCUT2D eigenvalue weighted by Gasteiger charge is -2.08. The lowest BCUT2D eigenvalue weighted by atomic mass is 10.1. The lowest BCUT2D eigenvalue weighted by molar-refractivity contribution is 0.102. The van der Waals surface area contributed by atoms with Crippen molar-refractivity contribution in [2.24, 2.45) is 0 Å². The molecule has 2 aromatic carbocycles. The van der Waals surface area contributed by atoms with Gasteiger partial charge in [-0.05, 0) is 42.8 Å². The summed E-state index contributed by atoms with van der Waals surface area (Å²) in [4.78, 5) is 12.1. The summed E-state index contributed by atoms with van der Waals surface area (Å²) in [5.74, 6) is -0.196. The molecule has 0 heterocycles. The van der Waals surface area contributed by atoms with Crippen molar-refractivity contribution in [1.29, 1.82) is 5.26 Å². The average molecular weight is 284 g/mol. The van der Waals surface area contributed by atoms with E-state index in [9.17, 15) is 9.18 Å². The fourth-order valence-corrected chi connectivity index (χ4v) is 1.77. The van der Waals surface area contributed by atoms with Gasteiger partial charge >= 0.3 is 0 Å². The Hall–Kier alpha value is -2.87. The molecule has 1 N–H and O–H groups in total. The molecule has 2 aromatic rings. The van der Waals surface area contributed by atoms with Crippen molar-refractivity contribution in [1.82, 2.24) is 0 Å². The van der Waals surface area contributed by atoms with E-state index in [1.54, 1.807) is 31.2 Å². The lowest BCUT2D eigenvalue weighted by Crippen LogP contribution is -2.12. The molecule has 0 radical (unpaired) electrons. The zero-order valence-corrected chi connectivity index (χ0v) is 11.4. The van der Waals surface area contributed by atoms with Crippen LogP contribution in [0.3, 0.4) is 0 Å². The molecule has 0 aliphatic rings. The third kappa shape index (κ3) is 3.80. The molecular formula is C16H13FN2O2. The minimum Gasteiger partial charge on any atom is -0.479 e. The Bertz CT molecular complexity index is 708. The van der Waals surface area contributed by atoms with Crippen molar-refractivity contribution in [3.8, 4) is 11.8 Å². The number of amides is 1. The normalized spacial score (nSPS) is 9.76. The van der Waals surface area contributed by atoms with E-state index in [1.165, 1.54) is 18.2 Å². The van der Waals surface area contributed by atoms with Crippen LogP contribution in [0.5, 0.6) is 5.75 Å². The van der Waals surface area contributed by atoms with E-state index in [4.69, 9.17) is 10.00 Å². The van der Waals surface area contributed by atoms with E-state index in [0.717, 1.165) is 0 Å². The van der Waals surface area contributed by atoms with Crippen molar-refractivity contribution < 1.29 is 13.9 Å². The number of rotatable bonds is 4. The second kappa shape index (κ2) is 6.53. The van der Waals surface area contributed by atoms with Gasteiger partial charge < -0.3 is 10.1 Å². The number of nitrogens with zero attached hydrogens (tertiary/aromatic N) is 1. The van der Waals surface area contributed by atoms with Crippen LogP contribution >= 0.6 is 0 Å². The molecule has 21 heavy (non-hydrogen) atoms. The number of carbonyl (C=O) groups is 1. The molecule has 0 spiro atoms. The monoisotopic (exact) mass is 284 g/mol. The highest BCUT2D eigenvalue weighted by Crippen LogP contribution is 2.18. The van der Waals surface area contributed by atoms with Gasteiger partial charge in [-0.15, -0.1) is 0 Å². The molecule has 1 amide bonds. The topological polar surface area (TPSA) is 62.1 Å². The van der Waals surface area contributed by atoms with Gasteiger partial charge in [0.05, 0.1) is 0 Å². The summed E-state index contributed by atoms with van der Waals surface area (Å²) >= 11 is 0. The third-order valence-corrected chi connectivity index (χ3v) is 2.82. The molecular weight excluding hydrogens is 271 g/mol. The third-order valence-electron chi connectivity index (χ3n) is 2.82. The van der Waals surface area contributed by atoms with Gasteiger partial charge in [0.25, 0.3) is 5.91 Å². The molecule has 0 fully saturated rings. The standard InChI is InChI=1S/C16H13FN2O2/c1-11-9-12(5-6-15(11)17)16(20)19-13-3-2-4-14(10-13)21-8-7-18/h2-6,9-10H,8H2,1H3,(H,19,20). The van der Waals surface area contributed by atoms with Gasteiger partial charge in [0.15, 0.2) is 6.61 Å². The van der Waals surface area contributed by atoms with Gasteiger partial charge in [0.1, 0.15) is 17.6 Å². The summed E-state index contributed by atoms with van der Waals surface area (Å²) in [5, 5.41) is 11.2. The molecule has 0 aromatic heterocycles. The molecule has 0 bridgehead atoms. The largest absolute Gasteiger partial charge is 0.479 e. The number of hydrogen-bond acceptors (Lipinski definition) is 3. The maximum Gasteiger partial charge on any atom is 0.255 e. The molecule has 4 nitrogen and oxygen atoms in total. The minimum atomic E-state index is -0.349. The van der Waals surface area contributed by atoms with Crippen LogP contribution in [-0.4, -0.2) is 12.5 Å². The highest BCUT2D eigenvalue weighted by atomic mass is 19.1. The van der Waals surface area contributed by atoms with Gasteiger partial charge in [-0.3, -0.25) is 4.79 Å². The number of aryl methyl sites for hydroxylation is 1. The maximum atomic E-state index is 13.2. The first-order valence-corrected chi connectivity index (χ1v) is 6.27. The van der Waals surface area contributed by atoms with E-state index >= 15 is 0 Å². The average Bonchev–Trinajstić information content (AvgIpc) is 2.48. The number of benzene rings is 2.